The van der Waals surface area contributed by atoms with E-state index < -0.39 is 0 Å². The molecule has 0 aliphatic carbocycles. The number of rotatable bonds is 5. The number of fused-ring (bicyclic) bond motifs is 1. The Hall–Kier alpha value is -2.46. The molecule has 126 valence electrons. The Balaban J connectivity index is 2.24. The monoisotopic (exact) mass is 324 g/mol. The molecule has 0 saturated carbocycles. The van der Waals surface area contributed by atoms with Gasteiger partial charge in [0.25, 0.3) is 0 Å². The number of ether oxygens (including phenoxy) is 2. The first-order chi connectivity index (χ1) is 11.5. The highest BCUT2D eigenvalue weighted by molar-refractivity contribution is 5.88. The van der Waals surface area contributed by atoms with Crippen LogP contribution in [-0.2, 0) is 6.54 Å². The summed E-state index contributed by atoms with van der Waals surface area (Å²) in [4.78, 5) is 2.19. The largest absolute Gasteiger partial charge is 0.497 e. The van der Waals surface area contributed by atoms with Crippen LogP contribution in [0.25, 0.3) is 16.6 Å². The summed E-state index contributed by atoms with van der Waals surface area (Å²) in [6, 6.07) is 14.4. The lowest BCUT2D eigenvalue weighted by Crippen LogP contribution is -2.11. The van der Waals surface area contributed by atoms with Crippen LogP contribution in [0.4, 0.5) is 0 Å². The van der Waals surface area contributed by atoms with Crippen molar-refractivity contribution >= 4 is 10.9 Å². The molecular weight excluding hydrogens is 300 g/mol. The molecule has 0 radical (unpaired) electrons. The van der Waals surface area contributed by atoms with E-state index in [4.69, 9.17) is 9.47 Å². The lowest BCUT2D eigenvalue weighted by atomic mass is 10.1. The number of hydrogen-bond acceptors (Lipinski definition) is 3. The molecule has 0 aliphatic rings. The van der Waals surface area contributed by atoms with E-state index in [1.54, 1.807) is 14.2 Å². The maximum Gasteiger partial charge on any atom is 0.119 e. The van der Waals surface area contributed by atoms with E-state index in [1.165, 1.54) is 22.2 Å². The van der Waals surface area contributed by atoms with Crippen LogP contribution in [0.3, 0.4) is 0 Å². The quantitative estimate of drug-likeness (QED) is 0.709. The summed E-state index contributed by atoms with van der Waals surface area (Å²) in [6.45, 7) is 3.06. The Morgan fingerprint density at radius 1 is 0.917 bits per heavy atom. The predicted molar refractivity (Wildman–Crippen MR) is 98.5 cm³/mol. The van der Waals surface area contributed by atoms with Gasteiger partial charge >= 0.3 is 0 Å². The van der Waals surface area contributed by atoms with E-state index in [-0.39, 0.29) is 0 Å². The maximum absolute atomic E-state index is 5.43. The average molecular weight is 324 g/mol. The van der Waals surface area contributed by atoms with Gasteiger partial charge in [0.1, 0.15) is 11.5 Å². The van der Waals surface area contributed by atoms with E-state index >= 15 is 0 Å². The highest BCUT2D eigenvalue weighted by atomic mass is 16.5. The molecule has 0 atom stereocenters. The van der Waals surface area contributed by atoms with Crippen molar-refractivity contribution in [3.05, 3.63) is 53.7 Å². The van der Waals surface area contributed by atoms with Gasteiger partial charge in [-0.2, -0.15) is 0 Å². The van der Waals surface area contributed by atoms with Crippen LogP contribution in [0.1, 0.15) is 11.3 Å². The van der Waals surface area contributed by atoms with Gasteiger partial charge < -0.3 is 18.9 Å². The van der Waals surface area contributed by atoms with Crippen molar-refractivity contribution < 1.29 is 9.47 Å². The topological polar surface area (TPSA) is 26.6 Å². The molecule has 4 heteroatoms. The number of aromatic nitrogens is 1. The first-order valence-corrected chi connectivity index (χ1v) is 8.02. The minimum absolute atomic E-state index is 0.864. The van der Waals surface area contributed by atoms with Crippen LogP contribution in [-0.4, -0.2) is 37.8 Å². The number of methoxy groups -OCH3 is 2. The third-order valence-corrected chi connectivity index (χ3v) is 4.35. The lowest BCUT2D eigenvalue weighted by molar-refractivity contribution is 0.402. The Bertz CT molecular complexity index is 848. The first kappa shape index (κ1) is 16.4. The van der Waals surface area contributed by atoms with Gasteiger partial charge in [-0.25, -0.2) is 0 Å². The summed E-state index contributed by atoms with van der Waals surface area (Å²) < 4.78 is 13.0. The van der Waals surface area contributed by atoms with Crippen molar-refractivity contribution in [2.45, 2.75) is 13.5 Å². The highest BCUT2D eigenvalue weighted by Gasteiger charge is 2.16. The molecule has 1 aromatic heterocycles. The molecule has 0 fully saturated rings. The molecular formula is C20H24N2O2. The molecule has 0 saturated heterocycles. The van der Waals surface area contributed by atoms with E-state index in [0.29, 0.717) is 0 Å². The zero-order valence-electron chi connectivity index (χ0n) is 15.0. The molecule has 3 aromatic rings. The Morgan fingerprint density at radius 3 is 2.12 bits per heavy atom. The first-order valence-electron chi connectivity index (χ1n) is 8.02. The third-order valence-electron chi connectivity index (χ3n) is 4.35. The van der Waals surface area contributed by atoms with Gasteiger partial charge in [0.05, 0.1) is 19.7 Å². The van der Waals surface area contributed by atoms with Gasteiger partial charge in [0, 0.05) is 23.3 Å². The van der Waals surface area contributed by atoms with Crippen molar-refractivity contribution in [2.24, 2.45) is 0 Å². The van der Waals surface area contributed by atoms with Crippen LogP contribution in [0.15, 0.2) is 42.5 Å². The molecule has 4 nitrogen and oxygen atoms in total. The molecule has 0 amide bonds. The normalized spacial score (nSPS) is 11.2. The lowest BCUT2D eigenvalue weighted by Gasteiger charge is -2.12. The maximum atomic E-state index is 5.43. The van der Waals surface area contributed by atoms with E-state index in [2.05, 4.69) is 54.8 Å². The van der Waals surface area contributed by atoms with E-state index in [9.17, 15) is 0 Å². The van der Waals surface area contributed by atoms with Crippen molar-refractivity contribution in [2.75, 3.05) is 28.3 Å². The smallest absolute Gasteiger partial charge is 0.119 e. The molecule has 0 unspecified atom stereocenters. The Labute approximate surface area is 143 Å². The fraction of sp³-hybridized carbons (Fsp3) is 0.300. The minimum Gasteiger partial charge on any atom is -0.497 e. The van der Waals surface area contributed by atoms with Crippen LogP contribution in [0.2, 0.25) is 0 Å². The second-order valence-corrected chi connectivity index (χ2v) is 6.22. The summed E-state index contributed by atoms with van der Waals surface area (Å²) in [5.74, 6) is 1.75. The van der Waals surface area contributed by atoms with Crippen LogP contribution < -0.4 is 9.47 Å². The fourth-order valence-corrected chi connectivity index (χ4v) is 3.17. The standard InChI is InChI=1S/C20H24N2O2/c1-14-19(13-21(2)3)18-12-17(24-5)10-11-20(18)22(14)15-6-8-16(23-4)9-7-15/h6-12H,13H2,1-5H3. The fourth-order valence-electron chi connectivity index (χ4n) is 3.17. The molecule has 3 rings (SSSR count). The van der Waals surface area contributed by atoms with Gasteiger partial charge in [0.15, 0.2) is 0 Å². The number of benzene rings is 2. The van der Waals surface area contributed by atoms with Crippen molar-refractivity contribution in [3.8, 4) is 17.2 Å². The van der Waals surface area contributed by atoms with Crippen LogP contribution in [0.5, 0.6) is 11.5 Å². The van der Waals surface area contributed by atoms with Gasteiger partial charge in [-0.1, -0.05) is 0 Å². The summed E-state index contributed by atoms with van der Waals surface area (Å²) in [5.41, 5.74) is 4.89. The van der Waals surface area contributed by atoms with E-state index in [0.717, 1.165) is 23.7 Å². The molecule has 0 N–H and O–H groups in total. The number of nitrogens with zero attached hydrogens (tertiary/aromatic N) is 2. The van der Waals surface area contributed by atoms with Crippen LogP contribution in [0, 0.1) is 6.92 Å². The zero-order chi connectivity index (χ0) is 17.3. The molecule has 24 heavy (non-hydrogen) atoms. The summed E-state index contributed by atoms with van der Waals surface area (Å²) in [5, 5.41) is 1.23. The van der Waals surface area contributed by atoms with Crippen molar-refractivity contribution in [1.82, 2.24) is 9.47 Å². The predicted octanol–water partition coefficient (Wildman–Crippen LogP) is 4.02. The minimum atomic E-state index is 0.864. The SMILES string of the molecule is COc1ccc(-n2c(C)c(CN(C)C)c3cc(OC)ccc32)cc1. The second kappa shape index (κ2) is 6.57. The van der Waals surface area contributed by atoms with Crippen molar-refractivity contribution in [1.29, 1.82) is 0 Å². The highest BCUT2D eigenvalue weighted by Crippen LogP contribution is 2.33. The van der Waals surface area contributed by atoms with Gasteiger partial charge in [-0.05, 0) is 69.0 Å². The number of hydrogen-bond donors (Lipinski definition) is 0. The zero-order valence-corrected chi connectivity index (χ0v) is 15.0. The average Bonchev–Trinajstić information content (AvgIpc) is 2.86. The van der Waals surface area contributed by atoms with Gasteiger partial charge in [-0.3, -0.25) is 0 Å². The van der Waals surface area contributed by atoms with Gasteiger partial charge in [0.2, 0.25) is 0 Å². The van der Waals surface area contributed by atoms with Crippen LogP contribution >= 0.6 is 0 Å². The van der Waals surface area contributed by atoms with Crippen molar-refractivity contribution in [3.63, 3.8) is 0 Å². The molecule has 0 aliphatic heterocycles. The second-order valence-electron chi connectivity index (χ2n) is 6.22. The Morgan fingerprint density at radius 2 is 1.54 bits per heavy atom. The molecule has 1 heterocycles. The van der Waals surface area contributed by atoms with Gasteiger partial charge in [-0.15, -0.1) is 0 Å². The van der Waals surface area contributed by atoms with E-state index in [1.807, 2.05) is 18.2 Å². The Kier molecular flexibility index (Phi) is 4.49. The molecule has 2 aromatic carbocycles. The molecule has 0 bridgehead atoms. The molecule has 0 spiro atoms. The summed E-state index contributed by atoms with van der Waals surface area (Å²) >= 11 is 0. The summed E-state index contributed by atoms with van der Waals surface area (Å²) in [6.07, 6.45) is 0. The summed E-state index contributed by atoms with van der Waals surface area (Å²) in [7, 11) is 7.58. The third kappa shape index (κ3) is 2.85.